The standard InChI is InChI=1S/C15H23N3O/c1-15(2)11-18(8-9-19-15)10-13(14(16)17)12-6-4-3-5-7-12/h3-7,13H,8-11H2,1-2H3,(H3,16,17). The first-order chi connectivity index (χ1) is 8.98. The van der Waals surface area contributed by atoms with E-state index in [1.165, 1.54) is 0 Å². The molecule has 104 valence electrons. The van der Waals surface area contributed by atoms with Crippen LogP contribution in [-0.4, -0.2) is 42.6 Å². The first kappa shape index (κ1) is 14.0. The van der Waals surface area contributed by atoms with E-state index in [0.29, 0.717) is 0 Å². The number of ether oxygens (including phenoxy) is 1. The molecule has 0 amide bonds. The van der Waals surface area contributed by atoms with Crippen LogP contribution in [0.25, 0.3) is 0 Å². The second-order valence-electron chi connectivity index (χ2n) is 5.76. The lowest BCUT2D eigenvalue weighted by Crippen LogP contribution is -2.50. The van der Waals surface area contributed by atoms with E-state index < -0.39 is 0 Å². The highest BCUT2D eigenvalue weighted by atomic mass is 16.5. The zero-order chi connectivity index (χ0) is 13.9. The number of morpholine rings is 1. The molecule has 0 aliphatic carbocycles. The average molecular weight is 261 g/mol. The fourth-order valence-corrected chi connectivity index (χ4v) is 2.60. The molecule has 0 bridgehead atoms. The van der Waals surface area contributed by atoms with Gasteiger partial charge in [0.1, 0.15) is 0 Å². The van der Waals surface area contributed by atoms with Gasteiger partial charge < -0.3 is 10.5 Å². The molecule has 0 spiro atoms. The van der Waals surface area contributed by atoms with Gasteiger partial charge in [-0.2, -0.15) is 0 Å². The van der Waals surface area contributed by atoms with Crippen molar-refractivity contribution >= 4 is 5.84 Å². The van der Waals surface area contributed by atoms with E-state index in [9.17, 15) is 0 Å². The quantitative estimate of drug-likeness (QED) is 0.642. The van der Waals surface area contributed by atoms with Crippen molar-refractivity contribution in [1.82, 2.24) is 4.90 Å². The minimum absolute atomic E-state index is 0.0323. The molecule has 1 fully saturated rings. The molecule has 1 unspecified atom stereocenters. The Bertz CT molecular complexity index is 430. The van der Waals surface area contributed by atoms with Crippen LogP contribution in [0, 0.1) is 5.41 Å². The van der Waals surface area contributed by atoms with E-state index in [-0.39, 0.29) is 17.4 Å². The Morgan fingerprint density at radius 1 is 1.42 bits per heavy atom. The van der Waals surface area contributed by atoms with E-state index in [2.05, 4.69) is 18.7 Å². The highest BCUT2D eigenvalue weighted by Crippen LogP contribution is 2.21. The van der Waals surface area contributed by atoms with Gasteiger partial charge >= 0.3 is 0 Å². The number of amidine groups is 1. The Kier molecular flexibility index (Phi) is 4.22. The zero-order valence-electron chi connectivity index (χ0n) is 11.7. The molecule has 1 heterocycles. The first-order valence-electron chi connectivity index (χ1n) is 6.73. The summed E-state index contributed by atoms with van der Waals surface area (Å²) in [6, 6.07) is 10.1. The van der Waals surface area contributed by atoms with Crippen molar-refractivity contribution in [2.75, 3.05) is 26.2 Å². The van der Waals surface area contributed by atoms with Gasteiger partial charge in [0, 0.05) is 19.6 Å². The topological polar surface area (TPSA) is 62.3 Å². The Labute approximate surface area is 115 Å². The van der Waals surface area contributed by atoms with Crippen molar-refractivity contribution in [2.24, 2.45) is 5.73 Å². The maximum atomic E-state index is 7.83. The molecule has 0 saturated carbocycles. The largest absolute Gasteiger partial charge is 0.387 e. The second-order valence-corrected chi connectivity index (χ2v) is 5.76. The number of nitrogens with zero attached hydrogens (tertiary/aromatic N) is 1. The van der Waals surface area contributed by atoms with Gasteiger partial charge in [-0.3, -0.25) is 10.3 Å². The summed E-state index contributed by atoms with van der Waals surface area (Å²) in [5, 5.41) is 7.83. The lowest BCUT2D eigenvalue weighted by atomic mass is 9.96. The van der Waals surface area contributed by atoms with E-state index >= 15 is 0 Å². The van der Waals surface area contributed by atoms with Crippen molar-refractivity contribution in [3.05, 3.63) is 35.9 Å². The van der Waals surface area contributed by atoms with Crippen molar-refractivity contribution < 1.29 is 4.74 Å². The van der Waals surface area contributed by atoms with E-state index in [1.807, 2.05) is 30.3 Å². The molecule has 1 aliphatic heterocycles. The molecule has 19 heavy (non-hydrogen) atoms. The van der Waals surface area contributed by atoms with Crippen LogP contribution in [0.2, 0.25) is 0 Å². The monoisotopic (exact) mass is 261 g/mol. The molecule has 1 aliphatic rings. The Morgan fingerprint density at radius 2 is 2.11 bits per heavy atom. The van der Waals surface area contributed by atoms with Gasteiger partial charge in [0.25, 0.3) is 0 Å². The summed E-state index contributed by atoms with van der Waals surface area (Å²) in [7, 11) is 0. The van der Waals surface area contributed by atoms with Crippen molar-refractivity contribution in [2.45, 2.75) is 25.4 Å². The van der Waals surface area contributed by atoms with Crippen molar-refractivity contribution in [3.8, 4) is 0 Å². The van der Waals surface area contributed by atoms with Crippen LogP contribution in [-0.2, 0) is 4.74 Å². The normalized spacial score (nSPS) is 20.9. The van der Waals surface area contributed by atoms with Crippen LogP contribution in [0.3, 0.4) is 0 Å². The third kappa shape index (κ3) is 3.78. The highest BCUT2D eigenvalue weighted by Gasteiger charge is 2.29. The number of nitrogens with one attached hydrogen (secondary N) is 1. The summed E-state index contributed by atoms with van der Waals surface area (Å²) >= 11 is 0. The molecule has 2 rings (SSSR count). The van der Waals surface area contributed by atoms with Crippen LogP contribution in [0.15, 0.2) is 30.3 Å². The van der Waals surface area contributed by atoms with Crippen molar-refractivity contribution in [3.63, 3.8) is 0 Å². The van der Waals surface area contributed by atoms with Gasteiger partial charge in [0.15, 0.2) is 0 Å². The molecular weight excluding hydrogens is 238 g/mol. The molecular formula is C15H23N3O. The molecule has 1 aromatic carbocycles. The third-order valence-corrected chi connectivity index (χ3v) is 3.52. The fraction of sp³-hybridized carbons (Fsp3) is 0.533. The Hall–Kier alpha value is -1.39. The van der Waals surface area contributed by atoms with Crippen LogP contribution in [0.1, 0.15) is 25.3 Å². The van der Waals surface area contributed by atoms with Gasteiger partial charge in [-0.25, -0.2) is 0 Å². The molecule has 0 radical (unpaired) electrons. The minimum Gasteiger partial charge on any atom is -0.387 e. The summed E-state index contributed by atoms with van der Waals surface area (Å²) in [5.41, 5.74) is 6.77. The predicted molar refractivity (Wildman–Crippen MR) is 77.6 cm³/mol. The van der Waals surface area contributed by atoms with E-state index in [4.69, 9.17) is 15.9 Å². The summed E-state index contributed by atoms with van der Waals surface area (Å²) < 4.78 is 5.72. The summed E-state index contributed by atoms with van der Waals surface area (Å²) in [4.78, 5) is 2.34. The average Bonchev–Trinajstić information content (AvgIpc) is 2.35. The Morgan fingerprint density at radius 3 is 2.68 bits per heavy atom. The number of hydrogen-bond donors (Lipinski definition) is 2. The number of nitrogens with two attached hydrogens (primary N) is 1. The third-order valence-electron chi connectivity index (χ3n) is 3.52. The van der Waals surface area contributed by atoms with Gasteiger partial charge in [-0.1, -0.05) is 30.3 Å². The number of hydrogen-bond acceptors (Lipinski definition) is 3. The van der Waals surface area contributed by atoms with Gasteiger partial charge in [0.2, 0.25) is 0 Å². The van der Waals surface area contributed by atoms with Crippen LogP contribution >= 0.6 is 0 Å². The summed E-state index contributed by atoms with van der Waals surface area (Å²) in [6.07, 6.45) is 0. The summed E-state index contributed by atoms with van der Waals surface area (Å²) in [6.45, 7) is 7.51. The molecule has 1 atom stereocenters. The smallest absolute Gasteiger partial charge is 0.0995 e. The fourth-order valence-electron chi connectivity index (χ4n) is 2.60. The summed E-state index contributed by atoms with van der Waals surface area (Å²) in [5.74, 6) is 0.200. The van der Waals surface area contributed by atoms with E-state index in [0.717, 1.165) is 31.8 Å². The molecule has 4 heteroatoms. The van der Waals surface area contributed by atoms with Crippen molar-refractivity contribution in [1.29, 1.82) is 5.41 Å². The Balaban J connectivity index is 2.08. The van der Waals surface area contributed by atoms with Crippen LogP contribution in [0.4, 0.5) is 0 Å². The SMILES string of the molecule is CC1(C)CN(CC(C(=N)N)c2ccccc2)CCO1. The molecule has 3 N–H and O–H groups in total. The second kappa shape index (κ2) is 5.72. The zero-order valence-corrected chi connectivity index (χ0v) is 11.7. The molecule has 1 saturated heterocycles. The van der Waals surface area contributed by atoms with E-state index in [1.54, 1.807) is 0 Å². The predicted octanol–water partition coefficient (Wildman–Crippen LogP) is 1.82. The number of rotatable bonds is 4. The van der Waals surface area contributed by atoms with Crippen LogP contribution in [0.5, 0.6) is 0 Å². The molecule has 0 aromatic heterocycles. The van der Waals surface area contributed by atoms with Gasteiger partial charge in [-0.15, -0.1) is 0 Å². The van der Waals surface area contributed by atoms with Crippen LogP contribution < -0.4 is 5.73 Å². The first-order valence-corrected chi connectivity index (χ1v) is 6.73. The molecule has 1 aromatic rings. The maximum absolute atomic E-state index is 7.83. The molecule has 4 nitrogen and oxygen atoms in total. The highest BCUT2D eigenvalue weighted by molar-refractivity contribution is 5.84. The minimum atomic E-state index is -0.115. The lowest BCUT2D eigenvalue weighted by Gasteiger charge is -2.39. The van der Waals surface area contributed by atoms with Gasteiger partial charge in [0.05, 0.1) is 24.0 Å². The number of benzene rings is 1. The maximum Gasteiger partial charge on any atom is 0.0995 e. The lowest BCUT2D eigenvalue weighted by molar-refractivity contribution is -0.0860. The van der Waals surface area contributed by atoms with Gasteiger partial charge in [-0.05, 0) is 19.4 Å².